The van der Waals surface area contributed by atoms with Crippen LogP contribution in [0.4, 0.5) is 5.69 Å². The molecule has 124 valence electrons. The van der Waals surface area contributed by atoms with Gasteiger partial charge in [-0.05, 0) is 58.0 Å². The third kappa shape index (κ3) is 4.02. The predicted octanol–water partition coefficient (Wildman–Crippen LogP) is 4.05. The average molecular weight is 313 g/mol. The predicted molar refractivity (Wildman–Crippen MR) is 96.1 cm³/mol. The van der Waals surface area contributed by atoms with E-state index in [1.807, 2.05) is 38.1 Å². The summed E-state index contributed by atoms with van der Waals surface area (Å²) in [5.41, 5.74) is 4.87. The minimum atomic E-state index is -0.0504. The number of amides is 1. The monoisotopic (exact) mass is 313 g/mol. The van der Waals surface area contributed by atoms with Crippen LogP contribution in [0.15, 0.2) is 30.3 Å². The van der Waals surface area contributed by atoms with Crippen LogP contribution in [0, 0.1) is 13.8 Å². The van der Waals surface area contributed by atoms with E-state index in [0.29, 0.717) is 6.04 Å². The van der Waals surface area contributed by atoms with Crippen molar-refractivity contribution in [1.82, 2.24) is 9.88 Å². The fourth-order valence-electron chi connectivity index (χ4n) is 3.03. The first kappa shape index (κ1) is 17.3. The lowest BCUT2D eigenvalue weighted by Gasteiger charge is -2.13. The van der Waals surface area contributed by atoms with E-state index in [2.05, 4.69) is 42.0 Å². The maximum absolute atomic E-state index is 12.6. The highest BCUT2D eigenvalue weighted by Gasteiger charge is 2.17. The molecular weight excluding hydrogens is 286 g/mol. The van der Waals surface area contributed by atoms with Crippen LogP contribution >= 0.6 is 0 Å². The van der Waals surface area contributed by atoms with Crippen molar-refractivity contribution >= 4 is 11.6 Å². The Balaban J connectivity index is 2.18. The maximum atomic E-state index is 12.6. The topological polar surface area (TPSA) is 46.1 Å². The first-order valence-corrected chi connectivity index (χ1v) is 8.23. The van der Waals surface area contributed by atoms with Crippen LogP contribution in [-0.2, 0) is 6.54 Å². The summed E-state index contributed by atoms with van der Waals surface area (Å²) in [6.07, 6.45) is 0. The molecule has 1 heterocycles. The van der Waals surface area contributed by atoms with E-state index in [4.69, 9.17) is 0 Å². The molecule has 0 atom stereocenters. The molecule has 1 amide bonds. The lowest BCUT2D eigenvalue weighted by molar-refractivity contribution is 0.102. The smallest absolute Gasteiger partial charge is 0.257 e. The third-order valence-corrected chi connectivity index (χ3v) is 4.01. The summed E-state index contributed by atoms with van der Waals surface area (Å²) in [4.78, 5) is 12.6. The molecule has 23 heavy (non-hydrogen) atoms. The molecule has 4 heteroatoms. The van der Waals surface area contributed by atoms with Gasteiger partial charge in [0.2, 0.25) is 0 Å². The number of aromatic nitrogens is 1. The Hall–Kier alpha value is -2.07. The van der Waals surface area contributed by atoms with Crippen LogP contribution < -0.4 is 10.6 Å². The van der Waals surface area contributed by atoms with Gasteiger partial charge in [-0.3, -0.25) is 4.79 Å². The second-order valence-corrected chi connectivity index (χ2v) is 6.18. The number of nitrogens with zero attached hydrogens (tertiary/aromatic N) is 1. The van der Waals surface area contributed by atoms with E-state index in [1.54, 1.807) is 0 Å². The molecule has 0 fully saturated rings. The van der Waals surface area contributed by atoms with E-state index in [9.17, 15) is 4.79 Å². The quantitative estimate of drug-likeness (QED) is 0.845. The third-order valence-electron chi connectivity index (χ3n) is 4.01. The molecule has 1 aromatic carbocycles. The molecule has 2 N–H and O–H groups in total. The van der Waals surface area contributed by atoms with Gasteiger partial charge in [-0.2, -0.15) is 0 Å². The Kier molecular flexibility index (Phi) is 5.61. The molecule has 0 aliphatic heterocycles. The molecule has 0 bridgehead atoms. The van der Waals surface area contributed by atoms with Crippen molar-refractivity contribution in [1.29, 1.82) is 0 Å². The molecule has 2 aromatic rings. The number of nitrogens with one attached hydrogen (secondary N) is 2. The van der Waals surface area contributed by atoms with E-state index < -0.39 is 0 Å². The van der Waals surface area contributed by atoms with E-state index in [-0.39, 0.29) is 5.91 Å². The van der Waals surface area contributed by atoms with Gasteiger partial charge < -0.3 is 15.2 Å². The van der Waals surface area contributed by atoms with Gasteiger partial charge in [-0.1, -0.05) is 19.1 Å². The number of carbonyl (C=O) groups is 1. The highest BCUT2D eigenvalue weighted by atomic mass is 16.1. The van der Waals surface area contributed by atoms with Crippen LogP contribution in [0.3, 0.4) is 0 Å². The number of anilines is 1. The van der Waals surface area contributed by atoms with Crippen molar-refractivity contribution in [2.45, 2.75) is 47.2 Å². The average Bonchev–Trinajstić information content (AvgIpc) is 2.80. The second-order valence-electron chi connectivity index (χ2n) is 6.18. The minimum Gasteiger partial charge on any atom is -0.346 e. The number of benzene rings is 1. The Morgan fingerprint density at radius 2 is 1.96 bits per heavy atom. The lowest BCUT2D eigenvalue weighted by atomic mass is 10.1. The standard InChI is InChI=1S/C19H27N3O/c1-6-20-12-16-8-7-9-17(11-16)21-19(23)18-10-14(4)22(13(2)3)15(18)5/h7-11,13,20H,6,12H2,1-5H3,(H,21,23). The molecule has 0 aliphatic rings. The molecule has 0 saturated heterocycles. The van der Waals surface area contributed by atoms with Crippen molar-refractivity contribution in [3.05, 3.63) is 52.8 Å². The molecule has 0 radical (unpaired) electrons. The molecule has 1 aromatic heterocycles. The summed E-state index contributed by atoms with van der Waals surface area (Å²) in [5.74, 6) is -0.0504. The SMILES string of the molecule is CCNCc1cccc(NC(=O)c2cc(C)n(C(C)C)c2C)c1. The fraction of sp³-hybridized carbons (Fsp3) is 0.421. The second kappa shape index (κ2) is 7.47. The Bertz CT molecular complexity index is 686. The summed E-state index contributed by atoms with van der Waals surface area (Å²) in [5, 5.41) is 6.31. The summed E-state index contributed by atoms with van der Waals surface area (Å²) in [7, 11) is 0. The van der Waals surface area contributed by atoms with Crippen LogP contribution in [0.25, 0.3) is 0 Å². The molecule has 0 unspecified atom stereocenters. The minimum absolute atomic E-state index is 0.0504. The Labute approximate surface area is 138 Å². The van der Waals surface area contributed by atoms with Gasteiger partial charge in [-0.15, -0.1) is 0 Å². The largest absolute Gasteiger partial charge is 0.346 e. The van der Waals surface area contributed by atoms with Gasteiger partial charge in [0, 0.05) is 29.7 Å². The van der Waals surface area contributed by atoms with Gasteiger partial charge in [0.25, 0.3) is 5.91 Å². The first-order valence-electron chi connectivity index (χ1n) is 8.23. The van der Waals surface area contributed by atoms with Gasteiger partial charge in [-0.25, -0.2) is 0 Å². The molecular formula is C19H27N3O. The maximum Gasteiger partial charge on any atom is 0.257 e. The van der Waals surface area contributed by atoms with Crippen molar-refractivity contribution in [2.75, 3.05) is 11.9 Å². The molecule has 0 saturated carbocycles. The van der Waals surface area contributed by atoms with Crippen molar-refractivity contribution < 1.29 is 4.79 Å². The Morgan fingerprint density at radius 1 is 1.22 bits per heavy atom. The lowest BCUT2D eigenvalue weighted by Crippen LogP contribution is -2.15. The zero-order valence-electron chi connectivity index (χ0n) is 14.7. The summed E-state index contributed by atoms with van der Waals surface area (Å²) in [6, 6.07) is 10.3. The van der Waals surface area contributed by atoms with Gasteiger partial charge in [0.05, 0.1) is 5.56 Å². The van der Waals surface area contributed by atoms with Gasteiger partial charge in [0.15, 0.2) is 0 Å². The van der Waals surface area contributed by atoms with E-state index in [1.165, 1.54) is 0 Å². The van der Waals surface area contributed by atoms with Crippen molar-refractivity contribution in [3.63, 3.8) is 0 Å². The van der Waals surface area contributed by atoms with Crippen LogP contribution in [0.2, 0.25) is 0 Å². The molecule has 2 rings (SSSR count). The van der Waals surface area contributed by atoms with E-state index >= 15 is 0 Å². The van der Waals surface area contributed by atoms with Crippen LogP contribution in [-0.4, -0.2) is 17.0 Å². The number of hydrogen-bond donors (Lipinski definition) is 2. The normalized spacial score (nSPS) is 11.0. The zero-order valence-corrected chi connectivity index (χ0v) is 14.7. The first-order chi connectivity index (χ1) is 10.9. The number of aryl methyl sites for hydroxylation is 1. The Morgan fingerprint density at radius 3 is 2.57 bits per heavy atom. The number of carbonyl (C=O) groups excluding carboxylic acids is 1. The highest BCUT2D eigenvalue weighted by Crippen LogP contribution is 2.21. The number of hydrogen-bond acceptors (Lipinski definition) is 2. The van der Waals surface area contributed by atoms with Crippen LogP contribution in [0.5, 0.6) is 0 Å². The molecule has 4 nitrogen and oxygen atoms in total. The molecule has 0 aliphatic carbocycles. The van der Waals surface area contributed by atoms with E-state index in [0.717, 1.165) is 41.3 Å². The van der Waals surface area contributed by atoms with Crippen LogP contribution in [0.1, 0.15) is 54.1 Å². The molecule has 0 spiro atoms. The summed E-state index contributed by atoms with van der Waals surface area (Å²) >= 11 is 0. The van der Waals surface area contributed by atoms with Gasteiger partial charge in [0.1, 0.15) is 0 Å². The van der Waals surface area contributed by atoms with Crippen molar-refractivity contribution in [2.24, 2.45) is 0 Å². The number of rotatable bonds is 6. The van der Waals surface area contributed by atoms with Crippen molar-refractivity contribution in [3.8, 4) is 0 Å². The summed E-state index contributed by atoms with van der Waals surface area (Å²) < 4.78 is 2.19. The summed E-state index contributed by atoms with van der Waals surface area (Å²) in [6.45, 7) is 12.1. The fourth-order valence-corrected chi connectivity index (χ4v) is 3.03. The van der Waals surface area contributed by atoms with Gasteiger partial charge >= 0.3 is 0 Å². The highest BCUT2D eigenvalue weighted by molar-refractivity contribution is 6.05. The zero-order chi connectivity index (χ0) is 17.0.